The van der Waals surface area contributed by atoms with Gasteiger partial charge in [-0.1, -0.05) is 30.3 Å². The van der Waals surface area contributed by atoms with Crippen LogP contribution in [0.4, 0.5) is 0 Å². The summed E-state index contributed by atoms with van der Waals surface area (Å²) in [6.07, 6.45) is 4.10. The Morgan fingerprint density at radius 1 is 1.12 bits per heavy atom. The minimum Gasteiger partial charge on any atom is -0.504 e. The predicted molar refractivity (Wildman–Crippen MR) is 90.9 cm³/mol. The van der Waals surface area contributed by atoms with E-state index in [-0.39, 0.29) is 17.4 Å². The second-order valence-corrected chi connectivity index (χ2v) is 6.04. The van der Waals surface area contributed by atoms with Gasteiger partial charge in [0.25, 0.3) is 5.91 Å². The molecular formula is C19H17N3O2. The second kappa shape index (κ2) is 5.92. The van der Waals surface area contributed by atoms with Crippen LogP contribution >= 0.6 is 0 Å². The van der Waals surface area contributed by atoms with Crippen molar-refractivity contribution in [1.82, 2.24) is 14.9 Å². The molecule has 5 heteroatoms. The SMILES string of the molecule is O=C(c1ncc2cccnc2c1O)N1CCC(c2ccccc2)C1. The highest BCUT2D eigenvalue weighted by atomic mass is 16.3. The van der Waals surface area contributed by atoms with E-state index in [0.717, 1.165) is 11.8 Å². The van der Waals surface area contributed by atoms with Gasteiger partial charge < -0.3 is 10.0 Å². The molecular weight excluding hydrogens is 302 g/mol. The number of benzene rings is 1. The normalized spacial score (nSPS) is 17.3. The van der Waals surface area contributed by atoms with E-state index >= 15 is 0 Å². The molecule has 3 aromatic rings. The number of hydrogen-bond acceptors (Lipinski definition) is 4. The van der Waals surface area contributed by atoms with Gasteiger partial charge in [-0.3, -0.25) is 9.78 Å². The maximum absolute atomic E-state index is 12.8. The van der Waals surface area contributed by atoms with Crippen LogP contribution in [0.15, 0.2) is 54.9 Å². The van der Waals surface area contributed by atoms with Crippen LogP contribution in [0.25, 0.3) is 10.9 Å². The van der Waals surface area contributed by atoms with Crippen molar-refractivity contribution in [2.45, 2.75) is 12.3 Å². The van der Waals surface area contributed by atoms with Crippen molar-refractivity contribution in [1.29, 1.82) is 0 Å². The zero-order chi connectivity index (χ0) is 16.5. The molecule has 1 saturated heterocycles. The number of likely N-dealkylation sites (tertiary alicyclic amines) is 1. The van der Waals surface area contributed by atoms with E-state index < -0.39 is 0 Å². The Bertz CT molecular complexity index is 896. The van der Waals surface area contributed by atoms with E-state index in [9.17, 15) is 9.90 Å². The zero-order valence-corrected chi connectivity index (χ0v) is 13.1. The fourth-order valence-corrected chi connectivity index (χ4v) is 3.28. The minimum absolute atomic E-state index is 0.0786. The number of carbonyl (C=O) groups is 1. The van der Waals surface area contributed by atoms with Crippen molar-refractivity contribution >= 4 is 16.8 Å². The number of pyridine rings is 2. The molecule has 120 valence electrons. The van der Waals surface area contributed by atoms with Crippen LogP contribution < -0.4 is 0 Å². The molecule has 0 saturated carbocycles. The summed E-state index contributed by atoms with van der Waals surface area (Å²) in [5, 5.41) is 11.1. The number of nitrogens with zero attached hydrogens (tertiary/aromatic N) is 3. The highest BCUT2D eigenvalue weighted by Gasteiger charge is 2.30. The van der Waals surface area contributed by atoms with Crippen LogP contribution in [0.5, 0.6) is 5.75 Å². The summed E-state index contributed by atoms with van der Waals surface area (Å²) < 4.78 is 0. The lowest BCUT2D eigenvalue weighted by Crippen LogP contribution is -2.29. The molecule has 1 unspecified atom stereocenters. The molecule has 1 aliphatic heterocycles. The Balaban J connectivity index is 1.60. The van der Waals surface area contributed by atoms with Crippen LogP contribution in [0, 0.1) is 0 Å². The van der Waals surface area contributed by atoms with Gasteiger partial charge >= 0.3 is 0 Å². The number of carbonyl (C=O) groups excluding carboxylic acids is 1. The molecule has 1 N–H and O–H groups in total. The van der Waals surface area contributed by atoms with Gasteiger partial charge in [-0.05, 0) is 24.1 Å². The summed E-state index contributed by atoms with van der Waals surface area (Å²) in [6.45, 7) is 1.31. The van der Waals surface area contributed by atoms with Crippen molar-refractivity contribution < 1.29 is 9.90 Å². The molecule has 0 bridgehead atoms. The molecule has 1 atom stereocenters. The van der Waals surface area contributed by atoms with Crippen molar-refractivity contribution in [3.05, 3.63) is 66.1 Å². The quantitative estimate of drug-likeness (QED) is 0.788. The number of fused-ring (bicyclic) bond motifs is 1. The summed E-state index contributed by atoms with van der Waals surface area (Å²) in [5.74, 6) is -0.0457. The van der Waals surface area contributed by atoms with Crippen molar-refractivity contribution in [3.63, 3.8) is 0 Å². The molecule has 0 spiro atoms. The molecule has 1 aromatic carbocycles. The summed E-state index contributed by atoms with van der Waals surface area (Å²) in [7, 11) is 0. The van der Waals surface area contributed by atoms with Crippen LogP contribution in [0.3, 0.4) is 0 Å². The maximum atomic E-state index is 12.8. The van der Waals surface area contributed by atoms with Gasteiger partial charge in [0.2, 0.25) is 0 Å². The first-order valence-corrected chi connectivity index (χ1v) is 8.01. The third-order valence-electron chi connectivity index (χ3n) is 4.57. The first-order valence-electron chi connectivity index (χ1n) is 8.01. The topological polar surface area (TPSA) is 66.3 Å². The standard InChI is InChI=1S/C19H17N3O2/c23-18-16-14(7-4-9-20-16)11-21-17(18)19(24)22-10-8-15(12-22)13-5-2-1-3-6-13/h1-7,9,11,15,23H,8,10,12H2. The molecule has 3 heterocycles. The number of hydrogen-bond donors (Lipinski definition) is 1. The molecule has 4 rings (SSSR count). The Kier molecular flexibility index (Phi) is 3.61. The molecule has 24 heavy (non-hydrogen) atoms. The molecule has 2 aromatic heterocycles. The van der Waals surface area contributed by atoms with E-state index in [0.29, 0.717) is 24.5 Å². The van der Waals surface area contributed by atoms with Crippen LogP contribution in [-0.2, 0) is 0 Å². The first kappa shape index (κ1) is 14.6. The lowest BCUT2D eigenvalue weighted by atomic mass is 9.99. The molecule has 0 aliphatic carbocycles. The summed E-state index contributed by atoms with van der Waals surface area (Å²) >= 11 is 0. The van der Waals surface area contributed by atoms with E-state index in [1.165, 1.54) is 5.56 Å². The minimum atomic E-state index is -0.238. The monoisotopic (exact) mass is 319 g/mol. The summed E-state index contributed by atoms with van der Waals surface area (Å²) in [5.41, 5.74) is 1.73. The largest absolute Gasteiger partial charge is 0.504 e. The van der Waals surface area contributed by atoms with Gasteiger partial charge in [-0.25, -0.2) is 4.98 Å². The molecule has 1 fully saturated rings. The lowest BCUT2D eigenvalue weighted by Gasteiger charge is -2.17. The number of aromatic nitrogens is 2. The Morgan fingerprint density at radius 3 is 2.79 bits per heavy atom. The van der Waals surface area contributed by atoms with Crippen LogP contribution in [0.1, 0.15) is 28.4 Å². The third kappa shape index (κ3) is 2.48. The number of aromatic hydroxyl groups is 1. The molecule has 5 nitrogen and oxygen atoms in total. The van der Waals surface area contributed by atoms with E-state index in [1.54, 1.807) is 23.4 Å². The summed E-state index contributed by atoms with van der Waals surface area (Å²) in [4.78, 5) is 22.8. The van der Waals surface area contributed by atoms with Gasteiger partial charge in [-0.2, -0.15) is 0 Å². The highest BCUT2D eigenvalue weighted by Crippen LogP contribution is 2.30. The van der Waals surface area contributed by atoms with Gasteiger partial charge in [0, 0.05) is 36.8 Å². The van der Waals surface area contributed by atoms with Gasteiger partial charge in [-0.15, -0.1) is 0 Å². The number of rotatable bonds is 2. The van der Waals surface area contributed by atoms with Crippen LogP contribution in [-0.4, -0.2) is 39.0 Å². The molecule has 1 aliphatic rings. The molecule has 0 radical (unpaired) electrons. The van der Waals surface area contributed by atoms with Crippen molar-refractivity contribution in [2.75, 3.05) is 13.1 Å². The van der Waals surface area contributed by atoms with Gasteiger partial charge in [0.15, 0.2) is 11.4 Å². The van der Waals surface area contributed by atoms with Crippen molar-refractivity contribution in [3.8, 4) is 5.75 Å². The second-order valence-electron chi connectivity index (χ2n) is 6.04. The zero-order valence-electron chi connectivity index (χ0n) is 13.1. The van der Waals surface area contributed by atoms with E-state index in [4.69, 9.17) is 0 Å². The van der Waals surface area contributed by atoms with E-state index in [2.05, 4.69) is 22.1 Å². The van der Waals surface area contributed by atoms with Gasteiger partial charge in [0.1, 0.15) is 5.52 Å². The summed E-state index contributed by atoms with van der Waals surface area (Å²) in [6, 6.07) is 13.8. The smallest absolute Gasteiger partial charge is 0.276 e. The fraction of sp³-hybridized carbons (Fsp3) is 0.211. The third-order valence-corrected chi connectivity index (χ3v) is 4.57. The first-order chi connectivity index (χ1) is 11.7. The maximum Gasteiger partial charge on any atom is 0.276 e. The Labute approximate surface area is 139 Å². The highest BCUT2D eigenvalue weighted by molar-refractivity contribution is 6.00. The van der Waals surface area contributed by atoms with Gasteiger partial charge in [0.05, 0.1) is 0 Å². The average molecular weight is 319 g/mol. The number of amides is 1. The van der Waals surface area contributed by atoms with Crippen molar-refractivity contribution in [2.24, 2.45) is 0 Å². The Morgan fingerprint density at radius 2 is 1.96 bits per heavy atom. The lowest BCUT2D eigenvalue weighted by molar-refractivity contribution is 0.0782. The average Bonchev–Trinajstić information content (AvgIpc) is 3.13. The molecule has 1 amide bonds. The van der Waals surface area contributed by atoms with E-state index in [1.807, 2.05) is 24.3 Å². The predicted octanol–water partition coefficient (Wildman–Crippen LogP) is 2.97. The van der Waals surface area contributed by atoms with Crippen LogP contribution in [0.2, 0.25) is 0 Å². The Hall–Kier alpha value is -2.95. The fourth-order valence-electron chi connectivity index (χ4n) is 3.28.